The van der Waals surface area contributed by atoms with Crippen LogP contribution in [0.2, 0.25) is 5.02 Å². The van der Waals surface area contributed by atoms with E-state index in [1.54, 1.807) is 31.2 Å². The minimum Gasteiger partial charge on any atom is -0.388 e. The standard InChI is InChI=1S/C20H21ClN2O4S2/c1-3-28-18-17(19(25)22-13-8-6-12(21)7-9-13)15(24)11-14(16-5-4-10-29-16)20(18,2)23(26)27/h4-10,14-15,24H,3,11H2,1-2H3,(H,22,25). The predicted octanol–water partition coefficient (Wildman–Crippen LogP) is 4.93. The smallest absolute Gasteiger partial charge is 0.258 e. The number of aliphatic hydroxyl groups is 1. The molecule has 1 amide bonds. The summed E-state index contributed by atoms with van der Waals surface area (Å²) in [6, 6.07) is 10.2. The van der Waals surface area contributed by atoms with Crippen LogP contribution in [0, 0.1) is 10.1 Å². The summed E-state index contributed by atoms with van der Waals surface area (Å²) in [7, 11) is 0. The van der Waals surface area contributed by atoms with Gasteiger partial charge in [0.25, 0.3) is 11.4 Å². The van der Waals surface area contributed by atoms with Crippen molar-refractivity contribution in [3.05, 3.63) is 72.3 Å². The van der Waals surface area contributed by atoms with Gasteiger partial charge in [-0.3, -0.25) is 14.9 Å². The second-order valence-electron chi connectivity index (χ2n) is 6.86. The van der Waals surface area contributed by atoms with Crippen molar-refractivity contribution in [1.29, 1.82) is 0 Å². The molecule has 6 nitrogen and oxygen atoms in total. The molecule has 1 aromatic heterocycles. The summed E-state index contributed by atoms with van der Waals surface area (Å²) in [6.45, 7) is 3.42. The fourth-order valence-electron chi connectivity index (χ4n) is 3.60. The van der Waals surface area contributed by atoms with Crippen LogP contribution in [-0.2, 0) is 4.79 Å². The van der Waals surface area contributed by atoms with E-state index in [1.807, 2.05) is 24.4 Å². The lowest BCUT2D eigenvalue weighted by atomic mass is 9.73. The molecule has 0 aliphatic heterocycles. The average Bonchev–Trinajstić information content (AvgIpc) is 3.20. The lowest BCUT2D eigenvalue weighted by molar-refractivity contribution is -0.557. The molecule has 0 spiro atoms. The predicted molar refractivity (Wildman–Crippen MR) is 118 cm³/mol. The van der Waals surface area contributed by atoms with Crippen molar-refractivity contribution in [2.24, 2.45) is 0 Å². The molecule has 0 bridgehead atoms. The van der Waals surface area contributed by atoms with E-state index in [0.29, 0.717) is 21.4 Å². The molecule has 2 aromatic rings. The third kappa shape index (κ3) is 4.21. The topological polar surface area (TPSA) is 92.5 Å². The molecule has 9 heteroatoms. The maximum absolute atomic E-state index is 13.1. The van der Waals surface area contributed by atoms with Gasteiger partial charge in [0.15, 0.2) is 0 Å². The first-order valence-electron chi connectivity index (χ1n) is 9.09. The Balaban J connectivity index is 2.08. The van der Waals surface area contributed by atoms with E-state index in [9.17, 15) is 20.0 Å². The molecule has 1 aliphatic rings. The Bertz CT molecular complexity index is 930. The van der Waals surface area contributed by atoms with Crippen LogP contribution >= 0.6 is 34.7 Å². The maximum atomic E-state index is 13.1. The van der Waals surface area contributed by atoms with Crippen LogP contribution < -0.4 is 5.32 Å². The number of carbonyl (C=O) groups excluding carboxylic acids is 1. The monoisotopic (exact) mass is 452 g/mol. The fraction of sp³-hybridized carbons (Fsp3) is 0.350. The number of carbonyl (C=O) groups is 1. The summed E-state index contributed by atoms with van der Waals surface area (Å²) >= 11 is 8.55. The summed E-state index contributed by atoms with van der Waals surface area (Å²) in [5, 5.41) is 28.3. The van der Waals surface area contributed by atoms with Crippen LogP contribution in [0.1, 0.15) is 31.1 Å². The summed E-state index contributed by atoms with van der Waals surface area (Å²) < 4.78 is 0. The molecule has 154 valence electrons. The summed E-state index contributed by atoms with van der Waals surface area (Å²) in [4.78, 5) is 26.1. The van der Waals surface area contributed by atoms with Gasteiger partial charge in [-0.05, 0) is 47.9 Å². The highest BCUT2D eigenvalue weighted by atomic mass is 35.5. The van der Waals surface area contributed by atoms with E-state index in [4.69, 9.17) is 11.6 Å². The molecule has 0 saturated heterocycles. The van der Waals surface area contributed by atoms with E-state index in [2.05, 4.69) is 5.32 Å². The van der Waals surface area contributed by atoms with Crippen molar-refractivity contribution >= 4 is 46.3 Å². The van der Waals surface area contributed by atoms with Gasteiger partial charge in [-0.15, -0.1) is 23.1 Å². The zero-order valence-electron chi connectivity index (χ0n) is 15.9. The third-order valence-corrected chi connectivity index (χ3v) is 7.52. The number of hydrogen-bond donors (Lipinski definition) is 2. The lowest BCUT2D eigenvalue weighted by Gasteiger charge is -2.38. The van der Waals surface area contributed by atoms with E-state index in [-0.39, 0.29) is 16.9 Å². The minimum absolute atomic E-state index is 0.0683. The van der Waals surface area contributed by atoms with Crippen molar-refractivity contribution in [3.8, 4) is 0 Å². The van der Waals surface area contributed by atoms with E-state index in [1.165, 1.54) is 23.1 Å². The SMILES string of the molecule is CCSC1=C(C(=O)Nc2ccc(Cl)cc2)C(O)CC(c2cccs2)C1(C)[N+](=O)[O-]. The van der Waals surface area contributed by atoms with Crippen molar-refractivity contribution in [1.82, 2.24) is 0 Å². The largest absolute Gasteiger partial charge is 0.388 e. The van der Waals surface area contributed by atoms with Gasteiger partial charge in [0.2, 0.25) is 0 Å². The molecule has 1 aromatic carbocycles. The number of benzene rings is 1. The lowest BCUT2D eigenvalue weighted by Crippen LogP contribution is -2.49. The second-order valence-corrected chi connectivity index (χ2v) is 9.55. The summed E-state index contributed by atoms with van der Waals surface area (Å²) in [5.41, 5.74) is -0.931. The van der Waals surface area contributed by atoms with E-state index < -0.39 is 23.5 Å². The molecule has 3 atom stereocenters. The van der Waals surface area contributed by atoms with Crippen molar-refractivity contribution in [2.45, 2.75) is 37.8 Å². The average molecular weight is 453 g/mol. The van der Waals surface area contributed by atoms with Crippen LogP contribution in [0.4, 0.5) is 5.69 Å². The zero-order valence-corrected chi connectivity index (χ0v) is 18.3. The summed E-state index contributed by atoms with van der Waals surface area (Å²) in [5.74, 6) is -0.512. The number of hydrogen-bond acceptors (Lipinski definition) is 6. The van der Waals surface area contributed by atoms with Gasteiger partial charge in [0.1, 0.15) is 0 Å². The van der Waals surface area contributed by atoms with E-state index in [0.717, 1.165) is 4.88 Å². The van der Waals surface area contributed by atoms with Gasteiger partial charge in [-0.25, -0.2) is 0 Å². The number of nitrogens with zero attached hydrogens (tertiary/aromatic N) is 1. The van der Waals surface area contributed by atoms with Gasteiger partial charge < -0.3 is 10.4 Å². The Hall–Kier alpha value is -1.87. The Morgan fingerprint density at radius 2 is 2.10 bits per heavy atom. The highest BCUT2D eigenvalue weighted by Crippen LogP contribution is 2.51. The van der Waals surface area contributed by atoms with Gasteiger partial charge in [-0.1, -0.05) is 24.6 Å². The Labute approximate surface area is 182 Å². The number of thioether (sulfide) groups is 1. The van der Waals surface area contributed by atoms with Crippen LogP contribution in [0.15, 0.2) is 52.3 Å². The highest BCUT2D eigenvalue weighted by Gasteiger charge is 2.56. The van der Waals surface area contributed by atoms with Crippen LogP contribution in [0.3, 0.4) is 0 Å². The molecule has 0 radical (unpaired) electrons. The molecule has 2 N–H and O–H groups in total. The van der Waals surface area contributed by atoms with E-state index >= 15 is 0 Å². The number of aliphatic hydroxyl groups excluding tert-OH is 1. The van der Waals surface area contributed by atoms with Crippen molar-refractivity contribution < 1.29 is 14.8 Å². The molecule has 1 heterocycles. The van der Waals surface area contributed by atoms with Gasteiger partial charge in [0, 0.05) is 27.4 Å². The van der Waals surface area contributed by atoms with Gasteiger partial charge in [-0.2, -0.15) is 0 Å². The first kappa shape index (κ1) is 21.8. The number of anilines is 1. The number of nitro groups is 1. The molecular formula is C20H21ClN2O4S2. The first-order valence-corrected chi connectivity index (χ1v) is 11.3. The number of nitrogens with one attached hydrogen (secondary N) is 1. The summed E-state index contributed by atoms with van der Waals surface area (Å²) in [6.07, 6.45) is -0.994. The molecule has 29 heavy (non-hydrogen) atoms. The van der Waals surface area contributed by atoms with Crippen LogP contribution in [0.5, 0.6) is 0 Å². The molecule has 3 rings (SSSR count). The maximum Gasteiger partial charge on any atom is 0.258 e. The Morgan fingerprint density at radius 3 is 2.66 bits per heavy atom. The van der Waals surface area contributed by atoms with Crippen LogP contribution in [0.25, 0.3) is 0 Å². The molecular weight excluding hydrogens is 432 g/mol. The number of halogens is 1. The van der Waals surface area contributed by atoms with Crippen LogP contribution in [-0.4, -0.2) is 33.3 Å². The van der Waals surface area contributed by atoms with Crippen molar-refractivity contribution in [3.63, 3.8) is 0 Å². The second kappa shape index (κ2) is 8.87. The van der Waals surface area contributed by atoms with Gasteiger partial charge in [0.05, 0.1) is 22.5 Å². The normalized spacial score (nSPS) is 24.4. The van der Waals surface area contributed by atoms with Crippen molar-refractivity contribution in [2.75, 3.05) is 11.1 Å². The Morgan fingerprint density at radius 1 is 1.41 bits per heavy atom. The number of amides is 1. The highest BCUT2D eigenvalue weighted by molar-refractivity contribution is 8.03. The molecule has 0 fully saturated rings. The fourth-order valence-corrected chi connectivity index (χ4v) is 5.87. The molecule has 1 aliphatic carbocycles. The minimum atomic E-state index is -1.50. The third-order valence-electron chi connectivity index (χ3n) is 5.08. The number of rotatable bonds is 6. The molecule has 3 unspecified atom stereocenters. The number of thiophene rings is 1. The molecule has 0 saturated carbocycles. The van der Waals surface area contributed by atoms with Gasteiger partial charge >= 0.3 is 0 Å². The Kier molecular flexibility index (Phi) is 6.68. The first-order chi connectivity index (χ1) is 13.8. The zero-order chi connectivity index (χ0) is 21.2. The quantitative estimate of drug-likeness (QED) is 0.478.